The van der Waals surface area contributed by atoms with Crippen LogP contribution in [0.4, 0.5) is 0 Å². The molecule has 0 unspecified atom stereocenters. The Balaban J connectivity index is 0. The number of aliphatic hydroxyl groups excluding tert-OH is 1. The second kappa shape index (κ2) is 11.0. The molecule has 15 heavy (non-hydrogen) atoms. The van der Waals surface area contributed by atoms with Gasteiger partial charge >= 0.3 is 0 Å². The van der Waals surface area contributed by atoms with Crippen LogP contribution in [0.15, 0.2) is 0 Å². The minimum Gasteiger partial charge on any atom is -0.481 e. The van der Waals surface area contributed by atoms with Gasteiger partial charge in [0.25, 0.3) is 11.9 Å². The summed E-state index contributed by atoms with van der Waals surface area (Å²) in [7, 11) is 0. The Kier molecular flexibility index (Phi) is 12.0. The van der Waals surface area contributed by atoms with Crippen LogP contribution in [-0.4, -0.2) is 33.4 Å². The standard InChI is InChI=1S/C6H12O.2C2H4O2/c7-6-4-2-1-3-5-6;2*1-2(3)4/h6-7H,1-5H2;2*1H3,(H,3,4). The lowest BCUT2D eigenvalue weighted by molar-refractivity contribution is -0.135. The first kappa shape index (κ1) is 16.3. The molecule has 0 aromatic rings. The fourth-order valence-electron chi connectivity index (χ4n) is 1.08. The van der Waals surface area contributed by atoms with Crippen molar-refractivity contribution in [2.45, 2.75) is 52.1 Å². The van der Waals surface area contributed by atoms with Crippen LogP contribution in [0.25, 0.3) is 0 Å². The van der Waals surface area contributed by atoms with Crippen molar-refractivity contribution in [1.82, 2.24) is 0 Å². The first-order valence-electron chi connectivity index (χ1n) is 4.93. The van der Waals surface area contributed by atoms with Crippen LogP contribution in [0.5, 0.6) is 0 Å². The molecule has 0 aromatic heterocycles. The van der Waals surface area contributed by atoms with Crippen LogP contribution in [-0.2, 0) is 9.59 Å². The first-order chi connectivity index (χ1) is 6.86. The maximum atomic E-state index is 9.00. The zero-order chi connectivity index (χ0) is 12.3. The Hall–Kier alpha value is -1.10. The molecule has 1 rings (SSSR count). The summed E-state index contributed by atoms with van der Waals surface area (Å²) >= 11 is 0. The summed E-state index contributed by atoms with van der Waals surface area (Å²) < 4.78 is 0. The minimum absolute atomic E-state index is 0.0359. The third-order valence-corrected chi connectivity index (χ3v) is 1.57. The van der Waals surface area contributed by atoms with Crippen molar-refractivity contribution in [2.24, 2.45) is 0 Å². The number of carboxylic acids is 2. The lowest BCUT2D eigenvalue weighted by Crippen LogP contribution is -2.09. The second-order valence-electron chi connectivity index (χ2n) is 3.33. The van der Waals surface area contributed by atoms with E-state index >= 15 is 0 Å². The number of rotatable bonds is 0. The normalized spacial score (nSPS) is 15.1. The molecule has 0 saturated heterocycles. The van der Waals surface area contributed by atoms with Gasteiger partial charge in [-0.05, 0) is 12.8 Å². The van der Waals surface area contributed by atoms with Gasteiger partial charge in [-0.3, -0.25) is 9.59 Å². The van der Waals surface area contributed by atoms with Crippen LogP contribution in [0, 0.1) is 0 Å². The molecule has 1 aliphatic rings. The Bertz CT molecular complexity index is 153. The van der Waals surface area contributed by atoms with Crippen LogP contribution in [0.3, 0.4) is 0 Å². The van der Waals surface area contributed by atoms with Crippen molar-refractivity contribution >= 4 is 11.9 Å². The van der Waals surface area contributed by atoms with E-state index in [9.17, 15) is 0 Å². The Labute approximate surface area is 89.7 Å². The second-order valence-corrected chi connectivity index (χ2v) is 3.33. The van der Waals surface area contributed by atoms with Crippen molar-refractivity contribution in [3.8, 4) is 0 Å². The van der Waals surface area contributed by atoms with Gasteiger partial charge in [-0.1, -0.05) is 19.3 Å². The molecule has 0 atom stereocenters. The van der Waals surface area contributed by atoms with Crippen molar-refractivity contribution < 1.29 is 24.9 Å². The van der Waals surface area contributed by atoms with Gasteiger partial charge in [0.1, 0.15) is 0 Å². The summed E-state index contributed by atoms with van der Waals surface area (Å²) in [6.07, 6.45) is 5.92. The predicted octanol–water partition coefficient (Wildman–Crippen LogP) is 1.49. The number of aliphatic carboxylic acids is 2. The molecule has 0 aliphatic heterocycles. The molecule has 0 radical (unpaired) electrons. The Morgan fingerprint density at radius 1 is 0.933 bits per heavy atom. The van der Waals surface area contributed by atoms with E-state index in [1.54, 1.807) is 0 Å². The summed E-state index contributed by atoms with van der Waals surface area (Å²) in [5.41, 5.74) is 0. The zero-order valence-corrected chi connectivity index (χ0v) is 9.27. The lowest BCUT2D eigenvalue weighted by atomic mass is 9.98. The van der Waals surface area contributed by atoms with Crippen molar-refractivity contribution in [2.75, 3.05) is 0 Å². The molecule has 0 amide bonds. The van der Waals surface area contributed by atoms with E-state index in [2.05, 4.69) is 0 Å². The fourth-order valence-corrected chi connectivity index (χ4v) is 1.08. The molecule has 1 aliphatic carbocycles. The van der Waals surface area contributed by atoms with Gasteiger partial charge < -0.3 is 15.3 Å². The smallest absolute Gasteiger partial charge is 0.300 e. The maximum absolute atomic E-state index is 9.00. The van der Waals surface area contributed by atoms with Crippen LogP contribution >= 0.6 is 0 Å². The van der Waals surface area contributed by atoms with Crippen LogP contribution in [0.2, 0.25) is 0 Å². The quantitative estimate of drug-likeness (QED) is 0.575. The SMILES string of the molecule is CC(=O)O.CC(=O)O.OC1CCCCC1. The predicted molar refractivity (Wildman–Crippen MR) is 55.7 cm³/mol. The Morgan fingerprint density at radius 3 is 1.33 bits per heavy atom. The van der Waals surface area contributed by atoms with Gasteiger partial charge in [-0.25, -0.2) is 0 Å². The van der Waals surface area contributed by atoms with Crippen LogP contribution in [0.1, 0.15) is 46.0 Å². The molecule has 0 aromatic carbocycles. The molecule has 0 spiro atoms. The average Bonchev–Trinajstić information content (AvgIpc) is 2.03. The van der Waals surface area contributed by atoms with E-state index < -0.39 is 11.9 Å². The van der Waals surface area contributed by atoms with E-state index in [1.165, 1.54) is 19.3 Å². The van der Waals surface area contributed by atoms with Gasteiger partial charge in [0.15, 0.2) is 0 Å². The van der Waals surface area contributed by atoms with E-state index in [1.807, 2.05) is 0 Å². The largest absolute Gasteiger partial charge is 0.481 e. The zero-order valence-electron chi connectivity index (χ0n) is 9.27. The molecule has 0 heterocycles. The number of carboxylic acid groups (broad SMARTS) is 2. The molecule has 3 N–H and O–H groups in total. The topological polar surface area (TPSA) is 94.8 Å². The summed E-state index contributed by atoms with van der Waals surface area (Å²) in [4.78, 5) is 18.0. The fraction of sp³-hybridized carbons (Fsp3) is 0.800. The summed E-state index contributed by atoms with van der Waals surface area (Å²) in [5.74, 6) is -1.67. The molecule has 90 valence electrons. The van der Waals surface area contributed by atoms with Gasteiger partial charge in [-0.15, -0.1) is 0 Å². The van der Waals surface area contributed by atoms with Crippen molar-refractivity contribution in [3.05, 3.63) is 0 Å². The number of aliphatic hydroxyl groups is 1. The maximum Gasteiger partial charge on any atom is 0.300 e. The van der Waals surface area contributed by atoms with E-state index in [0.717, 1.165) is 26.7 Å². The molecule has 1 fully saturated rings. The summed E-state index contributed by atoms with van der Waals surface area (Å²) in [5, 5.41) is 23.7. The highest BCUT2D eigenvalue weighted by molar-refractivity contribution is 5.63. The highest BCUT2D eigenvalue weighted by atomic mass is 16.4. The van der Waals surface area contributed by atoms with Crippen molar-refractivity contribution in [3.63, 3.8) is 0 Å². The van der Waals surface area contributed by atoms with Crippen molar-refractivity contribution in [1.29, 1.82) is 0 Å². The highest BCUT2D eigenvalue weighted by Crippen LogP contribution is 2.16. The van der Waals surface area contributed by atoms with E-state index in [4.69, 9.17) is 24.9 Å². The Morgan fingerprint density at radius 2 is 1.20 bits per heavy atom. The lowest BCUT2D eigenvalue weighted by Gasteiger charge is -2.14. The van der Waals surface area contributed by atoms with Crippen LogP contribution < -0.4 is 0 Å². The molecule has 0 bridgehead atoms. The summed E-state index contributed by atoms with van der Waals surface area (Å²) in [6.45, 7) is 2.17. The molecule has 1 saturated carbocycles. The number of carbonyl (C=O) groups is 2. The third kappa shape index (κ3) is 32.2. The number of hydrogen-bond donors (Lipinski definition) is 3. The van der Waals surface area contributed by atoms with Gasteiger partial charge in [-0.2, -0.15) is 0 Å². The monoisotopic (exact) mass is 220 g/mol. The van der Waals surface area contributed by atoms with Gasteiger partial charge in [0.05, 0.1) is 6.10 Å². The average molecular weight is 220 g/mol. The molecular formula is C10H20O5. The summed E-state index contributed by atoms with van der Waals surface area (Å²) in [6, 6.07) is 0. The van der Waals surface area contributed by atoms with Gasteiger partial charge in [0, 0.05) is 13.8 Å². The first-order valence-corrected chi connectivity index (χ1v) is 4.93. The molecule has 5 nitrogen and oxygen atoms in total. The highest BCUT2D eigenvalue weighted by Gasteiger charge is 2.07. The van der Waals surface area contributed by atoms with E-state index in [0.29, 0.717) is 0 Å². The minimum atomic E-state index is -0.833. The third-order valence-electron chi connectivity index (χ3n) is 1.57. The van der Waals surface area contributed by atoms with E-state index in [-0.39, 0.29) is 6.10 Å². The molecular weight excluding hydrogens is 200 g/mol. The number of hydrogen-bond acceptors (Lipinski definition) is 3. The molecule has 5 heteroatoms. The van der Waals surface area contributed by atoms with Gasteiger partial charge in [0.2, 0.25) is 0 Å².